The second kappa shape index (κ2) is 3.68. The highest BCUT2D eigenvalue weighted by Gasteiger charge is 2.11. The fourth-order valence-corrected chi connectivity index (χ4v) is 1.43. The van der Waals surface area contributed by atoms with E-state index in [1.54, 1.807) is 17.1 Å². The number of furan rings is 1. The third-order valence-corrected chi connectivity index (χ3v) is 2.18. The zero-order valence-corrected chi connectivity index (χ0v) is 8.77. The van der Waals surface area contributed by atoms with Crippen LogP contribution in [0, 0.1) is 0 Å². The van der Waals surface area contributed by atoms with Gasteiger partial charge < -0.3 is 15.5 Å². The summed E-state index contributed by atoms with van der Waals surface area (Å²) in [5.74, 6) is 1.54. The van der Waals surface area contributed by atoms with E-state index in [2.05, 4.69) is 10.4 Å². The van der Waals surface area contributed by atoms with Crippen molar-refractivity contribution >= 4 is 11.5 Å². The van der Waals surface area contributed by atoms with Gasteiger partial charge in [-0.1, -0.05) is 0 Å². The van der Waals surface area contributed by atoms with Gasteiger partial charge in [0, 0.05) is 13.2 Å². The molecule has 2 heterocycles. The zero-order valence-electron chi connectivity index (χ0n) is 8.77. The molecule has 80 valence electrons. The number of aryl methyl sites for hydroxylation is 1. The van der Waals surface area contributed by atoms with Crippen molar-refractivity contribution < 1.29 is 4.42 Å². The highest BCUT2D eigenvalue weighted by molar-refractivity contribution is 5.60. The monoisotopic (exact) mass is 206 g/mol. The molecule has 2 aromatic rings. The van der Waals surface area contributed by atoms with Crippen molar-refractivity contribution in [3.8, 4) is 0 Å². The van der Waals surface area contributed by atoms with Crippen LogP contribution in [-0.4, -0.2) is 9.78 Å². The van der Waals surface area contributed by atoms with E-state index >= 15 is 0 Å². The number of nitrogens with one attached hydrogen (secondary N) is 1. The molecule has 0 amide bonds. The minimum Gasteiger partial charge on any atom is -0.467 e. The molecule has 5 nitrogen and oxygen atoms in total. The van der Waals surface area contributed by atoms with Crippen LogP contribution in [0.3, 0.4) is 0 Å². The third-order valence-electron chi connectivity index (χ3n) is 2.18. The van der Waals surface area contributed by atoms with E-state index in [1.165, 1.54) is 0 Å². The Morgan fingerprint density at radius 3 is 2.93 bits per heavy atom. The first-order valence-corrected chi connectivity index (χ1v) is 4.76. The fraction of sp³-hybridized carbons (Fsp3) is 0.300. The van der Waals surface area contributed by atoms with Gasteiger partial charge in [0.25, 0.3) is 0 Å². The van der Waals surface area contributed by atoms with Crippen molar-refractivity contribution in [1.82, 2.24) is 9.78 Å². The number of aromatic nitrogens is 2. The van der Waals surface area contributed by atoms with Crippen LogP contribution in [0.1, 0.15) is 18.7 Å². The maximum atomic E-state index is 5.77. The van der Waals surface area contributed by atoms with Crippen LogP contribution in [0.4, 0.5) is 11.5 Å². The van der Waals surface area contributed by atoms with Gasteiger partial charge in [-0.15, -0.1) is 0 Å². The summed E-state index contributed by atoms with van der Waals surface area (Å²) in [7, 11) is 1.83. The van der Waals surface area contributed by atoms with Gasteiger partial charge >= 0.3 is 0 Å². The van der Waals surface area contributed by atoms with Gasteiger partial charge in [-0.25, -0.2) is 0 Å². The minimum absolute atomic E-state index is 0.0530. The summed E-state index contributed by atoms with van der Waals surface area (Å²) in [5, 5.41) is 7.38. The molecular weight excluding hydrogens is 192 g/mol. The van der Waals surface area contributed by atoms with Crippen LogP contribution in [0.5, 0.6) is 0 Å². The maximum absolute atomic E-state index is 5.77. The SMILES string of the molecule is CC(Nc1nn(C)cc1N)c1ccco1. The first-order chi connectivity index (χ1) is 7.16. The van der Waals surface area contributed by atoms with Crippen molar-refractivity contribution in [2.45, 2.75) is 13.0 Å². The van der Waals surface area contributed by atoms with Crippen molar-refractivity contribution in [1.29, 1.82) is 0 Å². The van der Waals surface area contributed by atoms with Crippen LogP contribution in [0.25, 0.3) is 0 Å². The van der Waals surface area contributed by atoms with Gasteiger partial charge in [-0.2, -0.15) is 5.10 Å². The molecule has 0 bridgehead atoms. The van der Waals surface area contributed by atoms with Crippen molar-refractivity contribution in [2.24, 2.45) is 7.05 Å². The molecule has 0 saturated carbocycles. The predicted octanol–water partition coefficient (Wildman–Crippen LogP) is 1.77. The van der Waals surface area contributed by atoms with E-state index in [0.717, 1.165) is 5.76 Å². The number of nitrogen functional groups attached to an aromatic ring is 1. The molecule has 15 heavy (non-hydrogen) atoms. The minimum atomic E-state index is 0.0530. The van der Waals surface area contributed by atoms with Crippen molar-refractivity contribution in [3.63, 3.8) is 0 Å². The second-order valence-corrected chi connectivity index (χ2v) is 3.49. The van der Waals surface area contributed by atoms with Gasteiger partial charge in [0.2, 0.25) is 0 Å². The first-order valence-electron chi connectivity index (χ1n) is 4.76. The van der Waals surface area contributed by atoms with Crippen LogP contribution in [-0.2, 0) is 7.05 Å². The summed E-state index contributed by atoms with van der Waals surface area (Å²) in [5.41, 5.74) is 6.40. The highest BCUT2D eigenvalue weighted by atomic mass is 16.3. The molecule has 0 spiro atoms. The average Bonchev–Trinajstić information content (AvgIpc) is 2.76. The molecule has 0 aliphatic carbocycles. The lowest BCUT2D eigenvalue weighted by atomic mass is 10.2. The molecule has 2 rings (SSSR count). The number of nitrogens with two attached hydrogens (primary N) is 1. The van der Waals surface area contributed by atoms with E-state index in [4.69, 9.17) is 10.2 Å². The summed E-state index contributed by atoms with van der Waals surface area (Å²) < 4.78 is 6.95. The fourth-order valence-electron chi connectivity index (χ4n) is 1.43. The molecule has 0 fully saturated rings. The summed E-state index contributed by atoms with van der Waals surface area (Å²) >= 11 is 0. The number of nitrogens with zero attached hydrogens (tertiary/aromatic N) is 2. The molecule has 1 unspecified atom stereocenters. The van der Waals surface area contributed by atoms with Crippen molar-refractivity contribution in [3.05, 3.63) is 30.4 Å². The predicted molar refractivity (Wildman–Crippen MR) is 58.4 cm³/mol. The summed E-state index contributed by atoms with van der Waals surface area (Å²) in [6.45, 7) is 1.99. The van der Waals surface area contributed by atoms with Crippen LogP contribution < -0.4 is 11.1 Å². The van der Waals surface area contributed by atoms with E-state index in [0.29, 0.717) is 11.5 Å². The third kappa shape index (κ3) is 1.96. The molecule has 0 aliphatic heterocycles. The Hall–Kier alpha value is -1.91. The van der Waals surface area contributed by atoms with E-state index in [9.17, 15) is 0 Å². The van der Waals surface area contributed by atoms with E-state index < -0.39 is 0 Å². The number of hydrogen-bond acceptors (Lipinski definition) is 4. The zero-order chi connectivity index (χ0) is 10.8. The smallest absolute Gasteiger partial charge is 0.171 e. The molecule has 0 saturated heterocycles. The van der Waals surface area contributed by atoms with Gasteiger partial charge in [0.1, 0.15) is 5.76 Å². The molecule has 0 radical (unpaired) electrons. The van der Waals surface area contributed by atoms with Gasteiger partial charge in [-0.3, -0.25) is 4.68 Å². The Bertz CT molecular complexity index is 432. The number of hydrogen-bond donors (Lipinski definition) is 2. The molecule has 0 aromatic carbocycles. The lowest BCUT2D eigenvalue weighted by Gasteiger charge is -2.10. The van der Waals surface area contributed by atoms with Gasteiger partial charge in [0.05, 0.1) is 18.0 Å². The Labute approximate surface area is 87.9 Å². The second-order valence-electron chi connectivity index (χ2n) is 3.49. The molecular formula is C10H14N4O. The maximum Gasteiger partial charge on any atom is 0.171 e. The standard InChI is InChI=1S/C10H14N4O/c1-7(9-4-3-5-15-9)12-10-8(11)6-14(2)13-10/h3-7H,11H2,1-2H3,(H,12,13). The average molecular weight is 206 g/mol. The van der Waals surface area contributed by atoms with Gasteiger partial charge in [-0.05, 0) is 19.1 Å². The van der Waals surface area contributed by atoms with Crippen LogP contribution in [0.2, 0.25) is 0 Å². The summed E-state index contributed by atoms with van der Waals surface area (Å²) in [4.78, 5) is 0. The summed E-state index contributed by atoms with van der Waals surface area (Å²) in [6.07, 6.45) is 3.41. The molecule has 2 aromatic heterocycles. The molecule has 5 heteroatoms. The number of anilines is 2. The van der Waals surface area contributed by atoms with Crippen molar-refractivity contribution in [2.75, 3.05) is 11.1 Å². The van der Waals surface area contributed by atoms with E-state index in [-0.39, 0.29) is 6.04 Å². The van der Waals surface area contributed by atoms with Crippen LogP contribution >= 0.6 is 0 Å². The van der Waals surface area contributed by atoms with Gasteiger partial charge in [0.15, 0.2) is 5.82 Å². The molecule has 3 N–H and O–H groups in total. The Morgan fingerprint density at radius 1 is 1.60 bits per heavy atom. The summed E-state index contributed by atoms with van der Waals surface area (Å²) in [6, 6.07) is 3.82. The lowest BCUT2D eigenvalue weighted by Crippen LogP contribution is -2.07. The van der Waals surface area contributed by atoms with Crippen LogP contribution in [0.15, 0.2) is 29.0 Å². The topological polar surface area (TPSA) is 69.0 Å². The first kappa shape index (κ1) is 9.64. The largest absolute Gasteiger partial charge is 0.467 e. The lowest BCUT2D eigenvalue weighted by molar-refractivity contribution is 0.490. The Morgan fingerprint density at radius 2 is 2.40 bits per heavy atom. The number of rotatable bonds is 3. The Kier molecular flexibility index (Phi) is 2.37. The normalized spacial score (nSPS) is 12.7. The molecule has 1 atom stereocenters. The molecule has 0 aliphatic rings. The Balaban J connectivity index is 2.12. The highest BCUT2D eigenvalue weighted by Crippen LogP contribution is 2.22. The van der Waals surface area contributed by atoms with E-state index in [1.807, 2.05) is 26.1 Å². The quantitative estimate of drug-likeness (QED) is 0.803.